The van der Waals surface area contributed by atoms with E-state index in [-0.39, 0.29) is 0 Å². The van der Waals surface area contributed by atoms with E-state index in [1.54, 1.807) is 0 Å². The molecule has 0 bridgehead atoms. The molecule has 71 valence electrons. The summed E-state index contributed by atoms with van der Waals surface area (Å²) in [6.07, 6.45) is 2.20. The number of benzene rings is 2. The van der Waals surface area contributed by atoms with Crippen LogP contribution in [0.25, 0.3) is 10.8 Å². The summed E-state index contributed by atoms with van der Waals surface area (Å²) < 4.78 is 0. The maximum absolute atomic E-state index is 4.97. The Labute approximate surface area is 90.4 Å². The van der Waals surface area contributed by atoms with E-state index in [4.69, 9.17) is 12.6 Å². The summed E-state index contributed by atoms with van der Waals surface area (Å²) in [5.41, 5.74) is 1.42. The van der Waals surface area contributed by atoms with Crippen LogP contribution in [0.2, 0.25) is 0 Å². The van der Waals surface area contributed by atoms with Crippen LogP contribution in [0.5, 0.6) is 0 Å². The van der Waals surface area contributed by atoms with E-state index in [2.05, 4.69) is 42.5 Å². The molecule has 0 spiro atoms. The maximum Gasteiger partial charge on any atom is 0.00401 e. The molecule has 2 aromatic carbocycles. The van der Waals surface area contributed by atoms with Gasteiger partial charge in [-0.05, 0) is 29.2 Å². The monoisotopic (exact) mass is 201 g/mol. The minimum Gasteiger partial charge on any atom is -0.0941 e. The van der Waals surface area contributed by atoms with Gasteiger partial charge in [-0.15, -0.1) is 0 Å². The van der Waals surface area contributed by atoms with E-state index in [9.17, 15) is 0 Å². The molecule has 0 saturated heterocycles. The van der Waals surface area contributed by atoms with E-state index < -0.39 is 0 Å². The topological polar surface area (TPSA) is 0 Å². The molecule has 2 aromatic rings. The number of rotatable bonds is 3. The molecular formula is C13H13S. The molecule has 1 heteroatoms. The number of hydrogen-bond acceptors (Lipinski definition) is 0. The molecule has 0 atom stereocenters. The molecule has 0 aliphatic heterocycles. The van der Waals surface area contributed by atoms with E-state index in [0.717, 1.165) is 18.6 Å². The van der Waals surface area contributed by atoms with E-state index >= 15 is 0 Å². The first-order valence-electron chi connectivity index (χ1n) is 4.96. The Morgan fingerprint density at radius 2 is 1.71 bits per heavy atom. The smallest absolute Gasteiger partial charge is 0.00401 e. The third-order valence-electron chi connectivity index (χ3n) is 2.47. The SMILES string of the molecule is [S]CCCc1cccc2ccccc12. The summed E-state index contributed by atoms with van der Waals surface area (Å²) in [6.45, 7) is 0. The quantitative estimate of drug-likeness (QED) is 0.705. The van der Waals surface area contributed by atoms with Crippen LogP contribution < -0.4 is 0 Å². The second-order valence-electron chi connectivity index (χ2n) is 3.45. The standard InChI is InChI=1S/C13H13S/c14-10-4-8-12-7-3-6-11-5-1-2-9-13(11)12/h1-3,5-7,9H,4,8,10H2. The molecule has 0 aromatic heterocycles. The Kier molecular flexibility index (Phi) is 3.10. The molecule has 0 nitrogen and oxygen atoms in total. The van der Waals surface area contributed by atoms with Gasteiger partial charge in [-0.1, -0.05) is 55.1 Å². The summed E-state index contributed by atoms with van der Waals surface area (Å²) in [6, 6.07) is 15.0. The Bertz CT molecular complexity index is 415. The molecule has 0 fully saturated rings. The van der Waals surface area contributed by atoms with Gasteiger partial charge in [0.25, 0.3) is 0 Å². The average molecular weight is 201 g/mol. The summed E-state index contributed by atoms with van der Waals surface area (Å²) in [5.74, 6) is 0.850. The van der Waals surface area contributed by atoms with Gasteiger partial charge in [0.2, 0.25) is 0 Å². The molecule has 1 radical (unpaired) electrons. The minimum absolute atomic E-state index is 0.850. The number of fused-ring (bicyclic) bond motifs is 1. The largest absolute Gasteiger partial charge is 0.0941 e. The zero-order valence-electron chi connectivity index (χ0n) is 8.07. The Hall–Kier alpha value is -0.950. The van der Waals surface area contributed by atoms with Crippen LogP contribution in [0, 0.1) is 0 Å². The molecular weight excluding hydrogens is 188 g/mol. The van der Waals surface area contributed by atoms with Crippen LogP contribution in [-0.4, -0.2) is 5.75 Å². The predicted molar refractivity (Wildman–Crippen MR) is 64.7 cm³/mol. The lowest BCUT2D eigenvalue weighted by molar-refractivity contribution is 0.944. The second kappa shape index (κ2) is 4.52. The fraction of sp³-hybridized carbons (Fsp3) is 0.231. The molecule has 0 heterocycles. The van der Waals surface area contributed by atoms with Crippen molar-refractivity contribution in [3.8, 4) is 0 Å². The Morgan fingerprint density at radius 3 is 2.57 bits per heavy atom. The van der Waals surface area contributed by atoms with Crippen molar-refractivity contribution in [3.05, 3.63) is 48.0 Å². The van der Waals surface area contributed by atoms with Crippen molar-refractivity contribution in [2.75, 3.05) is 5.75 Å². The van der Waals surface area contributed by atoms with Crippen molar-refractivity contribution in [2.24, 2.45) is 0 Å². The van der Waals surface area contributed by atoms with Gasteiger partial charge >= 0.3 is 0 Å². The van der Waals surface area contributed by atoms with Crippen LogP contribution >= 0.6 is 12.6 Å². The van der Waals surface area contributed by atoms with Gasteiger partial charge in [-0.25, -0.2) is 0 Å². The van der Waals surface area contributed by atoms with Crippen molar-refractivity contribution < 1.29 is 0 Å². The lowest BCUT2D eigenvalue weighted by Gasteiger charge is -2.04. The molecule has 0 saturated carbocycles. The first kappa shape index (κ1) is 9.60. The van der Waals surface area contributed by atoms with Crippen molar-refractivity contribution in [1.82, 2.24) is 0 Å². The van der Waals surface area contributed by atoms with Crippen molar-refractivity contribution in [1.29, 1.82) is 0 Å². The second-order valence-corrected chi connectivity index (χ2v) is 3.85. The summed E-state index contributed by atoms with van der Waals surface area (Å²) >= 11 is 4.97. The molecule has 0 aliphatic rings. The van der Waals surface area contributed by atoms with Gasteiger partial charge in [0, 0.05) is 5.75 Å². The molecule has 0 amide bonds. The molecule has 0 unspecified atom stereocenters. The van der Waals surface area contributed by atoms with Gasteiger partial charge < -0.3 is 0 Å². The molecule has 2 rings (SSSR count). The average Bonchev–Trinajstić information content (AvgIpc) is 2.26. The lowest BCUT2D eigenvalue weighted by atomic mass is 10.0. The first-order chi connectivity index (χ1) is 6.92. The van der Waals surface area contributed by atoms with Gasteiger partial charge in [0.05, 0.1) is 0 Å². The van der Waals surface area contributed by atoms with Gasteiger partial charge in [0.1, 0.15) is 0 Å². The third-order valence-corrected chi connectivity index (χ3v) is 2.76. The summed E-state index contributed by atoms with van der Waals surface area (Å²) in [7, 11) is 0. The van der Waals surface area contributed by atoms with E-state index in [1.165, 1.54) is 16.3 Å². The van der Waals surface area contributed by atoms with Crippen molar-refractivity contribution in [3.63, 3.8) is 0 Å². The summed E-state index contributed by atoms with van der Waals surface area (Å²) in [4.78, 5) is 0. The Balaban J connectivity index is 2.43. The van der Waals surface area contributed by atoms with Crippen molar-refractivity contribution >= 4 is 23.4 Å². The highest BCUT2D eigenvalue weighted by Gasteiger charge is 1.98. The highest BCUT2D eigenvalue weighted by atomic mass is 32.1. The maximum atomic E-state index is 4.97. The summed E-state index contributed by atoms with van der Waals surface area (Å²) in [5, 5.41) is 2.70. The molecule has 0 N–H and O–H groups in total. The minimum atomic E-state index is 0.850. The first-order valence-corrected chi connectivity index (χ1v) is 5.54. The van der Waals surface area contributed by atoms with Crippen molar-refractivity contribution in [2.45, 2.75) is 12.8 Å². The predicted octanol–water partition coefficient (Wildman–Crippen LogP) is 3.97. The normalized spacial score (nSPS) is 10.6. The third kappa shape index (κ3) is 1.93. The van der Waals surface area contributed by atoms with Crippen LogP contribution in [-0.2, 0) is 6.42 Å². The Morgan fingerprint density at radius 1 is 0.929 bits per heavy atom. The zero-order chi connectivity index (χ0) is 9.80. The fourth-order valence-corrected chi connectivity index (χ4v) is 1.92. The van der Waals surface area contributed by atoms with Gasteiger partial charge in [-0.2, -0.15) is 0 Å². The van der Waals surface area contributed by atoms with Crippen LogP contribution in [0.1, 0.15) is 12.0 Å². The van der Waals surface area contributed by atoms with Gasteiger partial charge in [0.15, 0.2) is 0 Å². The highest BCUT2D eigenvalue weighted by Crippen LogP contribution is 2.19. The zero-order valence-corrected chi connectivity index (χ0v) is 8.89. The van der Waals surface area contributed by atoms with Crippen LogP contribution in [0.3, 0.4) is 0 Å². The van der Waals surface area contributed by atoms with Gasteiger partial charge in [-0.3, -0.25) is 0 Å². The lowest BCUT2D eigenvalue weighted by Crippen LogP contribution is -1.87. The molecule has 0 aliphatic carbocycles. The number of hydrogen-bond donors (Lipinski definition) is 0. The highest BCUT2D eigenvalue weighted by molar-refractivity contribution is 7.80. The number of aryl methyl sites for hydroxylation is 1. The van der Waals surface area contributed by atoms with E-state index in [0.29, 0.717) is 0 Å². The van der Waals surface area contributed by atoms with Crippen LogP contribution in [0.4, 0.5) is 0 Å². The van der Waals surface area contributed by atoms with E-state index in [1.807, 2.05) is 0 Å². The van der Waals surface area contributed by atoms with Crippen LogP contribution in [0.15, 0.2) is 42.5 Å². The fourth-order valence-electron chi connectivity index (χ4n) is 1.77. The molecule has 14 heavy (non-hydrogen) atoms.